The molecule has 0 saturated carbocycles. The summed E-state index contributed by atoms with van der Waals surface area (Å²) in [5.41, 5.74) is 2.10. The number of hydrogen-bond donors (Lipinski definition) is 1. The maximum atomic E-state index is 13.4. The van der Waals surface area contributed by atoms with Gasteiger partial charge in [0.1, 0.15) is 22.6 Å². The number of halogens is 1. The predicted octanol–water partition coefficient (Wildman–Crippen LogP) is 5.05. The van der Waals surface area contributed by atoms with Gasteiger partial charge in [0.05, 0.1) is 25.6 Å². The molecule has 0 spiro atoms. The normalized spacial score (nSPS) is 16.3. The van der Waals surface area contributed by atoms with Crippen molar-refractivity contribution < 1.29 is 23.5 Å². The van der Waals surface area contributed by atoms with Crippen LogP contribution in [0.15, 0.2) is 77.8 Å². The quantitative estimate of drug-likeness (QED) is 0.439. The number of amidine groups is 1. The number of thioether (sulfide) groups is 1. The Labute approximate surface area is 213 Å². The predicted molar refractivity (Wildman–Crippen MR) is 140 cm³/mol. The van der Waals surface area contributed by atoms with Crippen LogP contribution in [-0.2, 0) is 16.0 Å². The van der Waals surface area contributed by atoms with Crippen LogP contribution < -0.4 is 14.8 Å². The second kappa shape index (κ2) is 11.7. The second-order valence-electron chi connectivity index (χ2n) is 8.02. The van der Waals surface area contributed by atoms with E-state index in [1.54, 1.807) is 42.3 Å². The molecule has 1 atom stereocenters. The molecule has 7 nitrogen and oxygen atoms in total. The van der Waals surface area contributed by atoms with Gasteiger partial charge in [-0.05, 0) is 60.5 Å². The lowest BCUT2D eigenvalue weighted by Gasteiger charge is -2.17. The zero-order valence-corrected chi connectivity index (χ0v) is 20.8. The van der Waals surface area contributed by atoms with E-state index in [1.807, 2.05) is 30.3 Å². The van der Waals surface area contributed by atoms with E-state index in [0.29, 0.717) is 35.3 Å². The molecular weight excluding hydrogens is 481 g/mol. The number of ether oxygens (including phenoxy) is 2. The number of carbonyl (C=O) groups is 2. The number of rotatable bonds is 9. The minimum atomic E-state index is -0.630. The van der Waals surface area contributed by atoms with E-state index >= 15 is 0 Å². The molecule has 1 heterocycles. The number of carbonyl (C=O) groups excluding carboxylic acids is 2. The van der Waals surface area contributed by atoms with E-state index in [1.165, 1.54) is 31.0 Å². The fourth-order valence-corrected chi connectivity index (χ4v) is 4.89. The van der Waals surface area contributed by atoms with Gasteiger partial charge < -0.3 is 14.8 Å². The first-order valence-electron chi connectivity index (χ1n) is 11.3. The second-order valence-corrected chi connectivity index (χ2v) is 9.19. The first-order valence-corrected chi connectivity index (χ1v) is 12.2. The Balaban J connectivity index is 1.50. The number of anilines is 1. The summed E-state index contributed by atoms with van der Waals surface area (Å²) in [4.78, 5) is 32.3. The zero-order valence-electron chi connectivity index (χ0n) is 19.9. The van der Waals surface area contributed by atoms with Crippen LogP contribution in [0.3, 0.4) is 0 Å². The molecule has 0 radical (unpaired) electrons. The van der Waals surface area contributed by atoms with Crippen molar-refractivity contribution in [1.29, 1.82) is 0 Å². The topological polar surface area (TPSA) is 80.2 Å². The average Bonchev–Trinajstić information content (AvgIpc) is 3.18. The van der Waals surface area contributed by atoms with Gasteiger partial charge in [-0.2, -0.15) is 0 Å². The lowest BCUT2D eigenvalue weighted by atomic mass is 10.1. The Morgan fingerprint density at radius 1 is 1.03 bits per heavy atom. The number of aliphatic imine (C=N–C) groups is 1. The molecule has 1 aliphatic heterocycles. The number of amides is 2. The summed E-state index contributed by atoms with van der Waals surface area (Å²) < 4.78 is 23.9. The van der Waals surface area contributed by atoms with Gasteiger partial charge in [-0.15, -0.1) is 0 Å². The van der Waals surface area contributed by atoms with Crippen LogP contribution in [0.4, 0.5) is 15.8 Å². The summed E-state index contributed by atoms with van der Waals surface area (Å²) in [6.07, 6.45) is 0.571. The summed E-state index contributed by atoms with van der Waals surface area (Å²) in [6, 6.07) is 20.5. The van der Waals surface area contributed by atoms with Gasteiger partial charge >= 0.3 is 0 Å². The van der Waals surface area contributed by atoms with Crippen LogP contribution >= 0.6 is 11.8 Å². The van der Waals surface area contributed by atoms with E-state index in [9.17, 15) is 14.0 Å². The van der Waals surface area contributed by atoms with Gasteiger partial charge in [0, 0.05) is 13.0 Å². The van der Waals surface area contributed by atoms with Crippen LogP contribution in [0, 0.1) is 5.82 Å². The third-order valence-electron chi connectivity index (χ3n) is 5.61. The fraction of sp³-hybridized carbons (Fsp3) is 0.222. The van der Waals surface area contributed by atoms with Crippen molar-refractivity contribution in [1.82, 2.24) is 4.90 Å². The van der Waals surface area contributed by atoms with E-state index in [-0.39, 0.29) is 24.1 Å². The van der Waals surface area contributed by atoms with E-state index in [2.05, 4.69) is 10.3 Å². The highest BCUT2D eigenvalue weighted by Crippen LogP contribution is 2.33. The smallest absolute Gasteiger partial charge is 0.242 e. The van der Waals surface area contributed by atoms with Crippen LogP contribution in [0.5, 0.6) is 11.5 Å². The van der Waals surface area contributed by atoms with Crippen LogP contribution in [0.25, 0.3) is 0 Å². The molecular formula is C27H26FN3O4S. The number of hydrogen-bond acceptors (Lipinski definition) is 6. The highest BCUT2D eigenvalue weighted by atomic mass is 32.2. The molecule has 1 aliphatic rings. The Kier molecular flexibility index (Phi) is 8.22. The number of nitrogens with zero attached hydrogens (tertiary/aromatic N) is 2. The highest BCUT2D eigenvalue weighted by Gasteiger charge is 2.39. The van der Waals surface area contributed by atoms with Crippen LogP contribution in [-0.4, -0.2) is 47.9 Å². The first-order chi connectivity index (χ1) is 17.5. The van der Waals surface area contributed by atoms with Gasteiger partial charge in [0.25, 0.3) is 0 Å². The Bertz CT molecular complexity index is 1250. The SMILES string of the molecule is COc1ccc(CCN2C(=O)C(CC(=O)Nc3ccccc3OC)SC2=Nc2ccc(F)cc2)cc1. The lowest BCUT2D eigenvalue weighted by molar-refractivity contribution is -0.128. The molecule has 0 aliphatic carbocycles. The van der Waals surface area contributed by atoms with Crippen LogP contribution in [0.2, 0.25) is 0 Å². The van der Waals surface area contributed by atoms with Gasteiger partial charge in [-0.3, -0.25) is 14.5 Å². The first kappa shape index (κ1) is 25.2. The average molecular weight is 508 g/mol. The molecule has 3 aromatic carbocycles. The van der Waals surface area contributed by atoms with Crippen molar-refractivity contribution in [2.24, 2.45) is 4.99 Å². The molecule has 0 aromatic heterocycles. The van der Waals surface area contributed by atoms with E-state index < -0.39 is 5.25 Å². The minimum absolute atomic E-state index is 0.0248. The summed E-state index contributed by atoms with van der Waals surface area (Å²) in [5, 5.41) is 2.67. The lowest BCUT2D eigenvalue weighted by Crippen LogP contribution is -2.35. The van der Waals surface area contributed by atoms with Gasteiger partial charge in [-0.25, -0.2) is 9.38 Å². The molecule has 36 heavy (non-hydrogen) atoms. The Morgan fingerprint density at radius 2 is 1.75 bits per heavy atom. The number of benzene rings is 3. The molecule has 186 valence electrons. The van der Waals surface area contributed by atoms with Crippen molar-refractivity contribution >= 4 is 40.1 Å². The molecule has 1 saturated heterocycles. The van der Waals surface area contributed by atoms with Crippen molar-refractivity contribution in [2.75, 3.05) is 26.1 Å². The van der Waals surface area contributed by atoms with Gasteiger partial charge in [0.15, 0.2) is 5.17 Å². The van der Waals surface area contributed by atoms with Crippen molar-refractivity contribution in [3.05, 3.63) is 84.2 Å². The fourth-order valence-electron chi connectivity index (χ4n) is 3.71. The van der Waals surface area contributed by atoms with Gasteiger partial charge in [-0.1, -0.05) is 36.0 Å². The minimum Gasteiger partial charge on any atom is -0.497 e. The Hall–Kier alpha value is -3.85. The Morgan fingerprint density at radius 3 is 2.44 bits per heavy atom. The molecule has 2 amide bonds. The molecule has 3 aromatic rings. The maximum absolute atomic E-state index is 13.4. The molecule has 1 unspecified atom stereocenters. The number of para-hydroxylation sites is 2. The number of nitrogens with one attached hydrogen (secondary N) is 1. The summed E-state index contributed by atoms with van der Waals surface area (Å²) in [7, 11) is 3.14. The third kappa shape index (κ3) is 6.23. The van der Waals surface area contributed by atoms with Crippen molar-refractivity contribution in [2.45, 2.75) is 18.1 Å². The van der Waals surface area contributed by atoms with E-state index in [4.69, 9.17) is 9.47 Å². The third-order valence-corrected chi connectivity index (χ3v) is 6.78. The molecule has 4 rings (SSSR count). The summed E-state index contributed by atoms with van der Waals surface area (Å²) in [5.74, 6) is 0.437. The summed E-state index contributed by atoms with van der Waals surface area (Å²) in [6.45, 7) is 0.392. The van der Waals surface area contributed by atoms with E-state index in [0.717, 1.165) is 11.3 Å². The van der Waals surface area contributed by atoms with Crippen LogP contribution in [0.1, 0.15) is 12.0 Å². The van der Waals surface area contributed by atoms with Gasteiger partial charge in [0.2, 0.25) is 11.8 Å². The zero-order chi connectivity index (χ0) is 25.5. The van der Waals surface area contributed by atoms with Crippen molar-refractivity contribution in [3.63, 3.8) is 0 Å². The highest BCUT2D eigenvalue weighted by molar-refractivity contribution is 8.15. The maximum Gasteiger partial charge on any atom is 0.242 e. The molecule has 1 fully saturated rings. The summed E-state index contributed by atoms with van der Waals surface area (Å²) >= 11 is 1.24. The molecule has 1 N–H and O–H groups in total. The largest absolute Gasteiger partial charge is 0.497 e. The van der Waals surface area contributed by atoms with Crippen molar-refractivity contribution in [3.8, 4) is 11.5 Å². The monoisotopic (exact) mass is 507 g/mol. The molecule has 9 heteroatoms. The molecule has 0 bridgehead atoms. The standard InChI is InChI=1S/C27H26FN3O4S/c1-34-21-13-7-18(8-14-21)15-16-31-26(33)24(36-27(31)29-20-11-9-19(28)10-12-20)17-25(32)30-22-5-3-4-6-23(22)35-2/h3-14,24H,15-17H2,1-2H3,(H,30,32). The number of methoxy groups -OCH3 is 2.